The molecular formula is C15H21NO5. The summed E-state index contributed by atoms with van der Waals surface area (Å²) in [5, 5.41) is 12.6. The first-order valence-electron chi connectivity index (χ1n) is 6.86. The highest BCUT2D eigenvalue weighted by atomic mass is 16.5. The highest BCUT2D eigenvalue weighted by Crippen LogP contribution is 2.39. The summed E-state index contributed by atoms with van der Waals surface area (Å²) in [4.78, 5) is 11.6. The van der Waals surface area contributed by atoms with E-state index in [1.807, 2.05) is 0 Å². The van der Waals surface area contributed by atoms with Gasteiger partial charge in [0.05, 0.1) is 26.9 Å². The molecule has 6 nitrogen and oxygen atoms in total. The lowest BCUT2D eigenvalue weighted by molar-refractivity contribution is -0.139. The molecule has 1 aliphatic rings. The molecule has 0 aromatic heterocycles. The van der Waals surface area contributed by atoms with Gasteiger partial charge in [-0.3, -0.25) is 4.79 Å². The average molecular weight is 295 g/mol. The van der Waals surface area contributed by atoms with Gasteiger partial charge in [0.2, 0.25) is 0 Å². The Morgan fingerprint density at radius 2 is 1.81 bits per heavy atom. The number of ether oxygens (including phenoxy) is 3. The molecule has 0 amide bonds. The third-order valence-electron chi connectivity index (χ3n) is 3.60. The van der Waals surface area contributed by atoms with Crippen molar-refractivity contribution in [1.29, 1.82) is 0 Å². The van der Waals surface area contributed by atoms with Crippen LogP contribution in [0.4, 0.5) is 0 Å². The van der Waals surface area contributed by atoms with Gasteiger partial charge in [-0.2, -0.15) is 0 Å². The number of carboxylic acid groups (broad SMARTS) is 1. The highest BCUT2D eigenvalue weighted by Gasteiger charge is 2.30. The van der Waals surface area contributed by atoms with E-state index < -0.39 is 12.0 Å². The van der Waals surface area contributed by atoms with Crippen molar-refractivity contribution in [3.63, 3.8) is 0 Å². The minimum atomic E-state index is -0.961. The van der Waals surface area contributed by atoms with E-state index in [1.165, 1.54) is 21.3 Å². The average Bonchev–Trinajstić information content (AvgIpc) is 3.30. The highest BCUT2D eigenvalue weighted by molar-refractivity contribution is 5.78. The van der Waals surface area contributed by atoms with Crippen LogP contribution in [0.2, 0.25) is 0 Å². The summed E-state index contributed by atoms with van der Waals surface area (Å²) in [6.45, 7) is 0.676. The molecule has 2 N–H and O–H groups in total. The quantitative estimate of drug-likeness (QED) is 0.762. The van der Waals surface area contributed by atoms with E-state index in [9.17, 15) is 9.90 Å². The zero-order valence-corrected chi connectivity index (χ0v) is 12.5. The van der Waals surface area contributed by atoms with Gasteiger partial charge in [0.15, 0.2) is 0 Å². The van der Waals surface area contributed by atoms with Crippen molar-refractivity contribution in [2.45, 2.75) is 18.9 Å². The molecule has 6 heteroatoms. The number of aliphatic carboxylic acids is 1. The number of methoxy groups -OCH3 is 3. The van der Waals surface area contributed by atoms with Gasteiger partial charge in [0, 0.05) is 12.1 Å². The Morgan fingerprint density at radius 1 is 1.24 bits per heavy atom. The molecule has 0 bridgehead atoms. The summed E-state index contributed by atoms with van der Waals surface area (Å²) < 4.78 is 15.8. The molecule has 1 saturated carbocycles. The first-order valence-corrected chi connectivity index (χ1v) is 6.86. The van der Waals surface area contributed by atoms with E-state index in [0.29, 0.717) is 35.3 Å². The molecule has 0 spiro atoms. The van der Waals surface area contributed by atoms with E-state index in [2.05, 4.69) is 5.32 Å². The van der Waals surface area contributed by atoms with Crippen molar-refractivity contribution in [1.82, 2.24) is 5.32 Å². The summed E-state index contributed by atoms with van der Waals surface area (Å²) in [7, 11) is 4.53. The molecule has 0 radical (unpaired) electrons. The van der Waals surface area contributed by atoms with Gasteiger partial charge >= 0.3 is 5.97 Å². The van der Waals surface area contributed by atoms with Crippen molar-refractivity contribution in [3.05, 3.63) is 17.7 Å². The van der Waals surface area contributed by atoms with Crippen molar-refractivity contribution in [2.24, 2.45) is 5.92 Å². The predicted molar refractivity (Wildman–Crippen MR) is 77.2 cm³/mol. The predicted octanol–water partition coefficient (Wildman–Crippen LogP) is 1.84. The minimum absolute atomic E-state index is 0.432. The van der Waals surface area contributed by atoms with Crippen molar-refractivity contribution >= 4 is 5.97 Å². The normalized spacial score (nSPS) is 15.4. The summed E-state index contributed by atoms with van der Waals surface area (Å²) in [5.74, 6) is 1.03. The maximum absolute atomic E-state index is 11.6. The van der Waals surface area contributed by atoms with E-state index in [1.54, 1.807) is 12.1 Å². The van der Waals surface area contributed by atoms with Gasteiger partial charge in [0.25, 0.3) is 0 Å². The van der Waals surface area contributed by atoms with Crippen LogP contribution in [0, 0.1) is 5.92 Å². The number of rotatable bonds is 8. The number of carboxylic acids is 1. The number of carbonyl (C=O) groups is 1. The molecule has 2 rings (SSSR count). The Bertz CT molecular complexity index is 488. The van der Waals surface area contributed by atoms with Gasteiger partial charge < -0.3 is 24.6 Å². The van der Waals surface area contributed by atoms with Crippen LogP contribution in [0.1, 0.15) is 24.4 Å². The van der Waals surface area contributed by atoms with Crippen LogP contribution in [0.3, 0.4) is 0 Å². The molecule has 1 unspecified atom stereocenters. The molecule has 0 aliphatic heterocycles. The molecule has 1 fully saturated rings. The van der Waals surface area contributed by atoms with E-state index in [-0.39, 0.29) is 0 Å². The second-order valence-electron chi connectivity index (χ2n) is 5.07. The maximum Gasteiger partial charge on any atom is 0.325 e. The largest absolute Gasteiger partial charge is 0.496 e. The van der Waals surface area contributed by atoms with Crippen LogP contribution in [-0.2, 0) is 4.79 Å². The molecule has 21 heavy (non-hydrogen) atoms. The first kappa shape index (κ1) is 15.4. The van der Waals surface area contributed by atoms with Crippen molar-refractivity contribution in [3.8, 4) is 17.2 Å². The molecule has 0 saturated heterocycles. The number of hydrogen-bond acceptors (Lipinski definition) is 5. The molecule has 1 aliphatic carbocycles. The summed E-state index contributed by atoms with van der Waals surface area (Å²) in [6.07, 6.45) is 2.30. The lowest BCUT2D eigenvalue weighted by Gasteiger charge is -2.21. The molecule has 116 valence electrons. The number of hydrogen-bond donors (Lipinski definition) is 2. The molecule has 1 aromatic rings. The molecule has 1 atom stereocenters. The van der Waals surface area contributed by atoms with Crippen LogP contribution in [0.15, 0.2) is 12.1 Å². The lowest BCUT2D eigenvalue weighted by Crippen LogP contribution is -2.30. The lowest BCUT2D eigenvalue weighted by atomic mass is 10.0. The smallest absolute Gasteiger partial charge is 0.325 e. The maximum atomic E-state index is 11.6. The van der Waals surface area contributed by atoms with E-state index >= 15 is 0 Å². The monoisotopic (exact) mass is 295 g/mol. The second-order valence-corrected chi connectivity index (χ2v) is 5.07. The zero-order valence-electron chi connectivity index (χ0n) is 12.5. The fourth-order valence-corrected chi connectivity index (χ4v) is 2.24. The van der Waals surface area contributed by atoms with Crippen LogP contribution in [0.5, 0.6) is 17.2 Å². The van der Waals surface area contributed by atoms with Gasteiger partial charge in [-0.1, -0.05) is 0 Å². The van der Waals surface area contributed by atoms with Crippen molar-refractivity contribution in [2.75, 3.05) is 27.9 Å². The van der Waals surface area contributed by atoms with Crippen LogP contribution in [-0.4, -0.2) is 38.9 Å². The third kappa shape index (κ3) is 3.58. The Balaban J connectivity index is 2.38. The topological polar surface area (TPSA) is 77.0 Å². The fraction of sp³-hybridized carbons (Fsp3) is 0.533. The molecule has 0 heterocycles. The van der Waals surface area contributed by atoms with E-state index in [4.69, 9.17) is 14.2 Å². The second kappa shape index (κ2) is 6.67. The van der Waals surface area contributed by atoms with Gasteiger partial charge in [-0.15, -0.1) is 0 Å². The van der Waals surface area contributed by atoms with E-state index in [0.717, 1.165) is 12.8 Å². The Hall–Kier alpha value is -1.95. The summed E-state index contributed by atoms with van der Waals surface area (Å²) >= 11 is 0. The molecular weight excluding hydrogens is 274 g/mol. The van der Waals surface area contributed by atoms with Gasteiger partial charge in [-0.05, 0) is 25.3 Å². The zero-order chi connectivity index (χ0) is 15.4. The third-order valence-corrected chi connectivity index (χ3v) is 3.60. The van der Waals surface area contributed by atoms with Crippen molar-refractivity contribution < 1.29 is 24.1 Å². The standard InChI is InChI=1S/C15H21NO5/c1-19-10-6-11(20-2)13(12(7-10)21-3)14(15(17)18)16-8-9-4-5-9/h6-7,9,14,16H,4-5,8H2,1-3H3,(H,17,18). The van der Waals surface area contributed by atoms with Crippen LogP contribution in [0.25, 0.3) is 0 Å². The van der Waals surface area contributed by atoms with Gasteiger partial charge in [0.1, 0.15) is 23.3 Å². The Morgan fingerprint density at radius 3 is 2.19 bits per heavy atom. The number of benzene rings is 1. The first-order chi connectivity index (χ1) is 10.1. The summed E-state index contributed by atoms with van der Waals surface area (Å²) in [6, 6.07) is 2.44. The summed E-state index contributed by atoms with van der Waals surface area (Å²) in [5.41, 5.74) is 0.481. The Kier molecular flexibility index (Phi) is 4.90. The van der Waals surface area contributed by atoms with Gasteiger partial charge in [-0.25, -0.2) is 0 Å². The minimum Gasteiger partial charge on any atom is -0.496 e. The van der Waals surface area contributed by atoms with Crippen LogP contribution >= 0.6 is 0 Å². The Labute approximate surface area is 124 Å². The number of nitrogens with one attached hydrogen (secondary N) is 1. The SMILES string of the molecule is COc1cc(OC)c(C(NCC2CC2)C(=O)O)c(OC)c1. The fourth-order valence-electron chi connectivity index (χ4n) is 2.24. The van der Waals surface area contributed by atoms with Crippen LogP contribution < -0.4 is 19.5 Å². The molecule has 1 aromatic carbocycles.